The minimum absolute atomic E-state index is 0.148. The van der Waals surface area contributed by atoms with Gasteiger partial charge in [0.2, 0.25) is 0 Å². The fourth-order valence-electron chi connectivity index (χ4n) is 4.81. The van der Waals surface area contributed by atoms with Crippen LogP contribution in [0.15, 0.2) is 30.3 Å². The molecule has 2 aliphatic rings. The van der Waals surface area contributed by atoms with E-state index < -0.39 is 0 Å². The van der Waals surface area contributed by atoms with E-state index in [4.69, 9.17) is 0 Å². The molecule has 0 radical (unpaired) electrons. The van der Waals surface area contributed by atoms with Crippen molar-refractivity contribution in [2.45, 2.75) is 63.2 Å². The van der Waals surface area contributed by atoms with E-state index in [0.717, 1.165) is 12.3 Å². The number of hydrogen-bond acceptors (Lipinski definition) is 1. The molecule has 0 heterocycles. The quantitative estimate of drug-likeness (QED) is 0.720. The lowest BCUT2D eigenvalue weighted by atomic mass is 9.54. The van der Waals surface area contributed by atoms with Gasteiger partial charge in [0.25, 0.3) is 0 Å². The maximum Gasteiger partial charge on any atom is 0.0665 e. The van der Waals surface area contributed by atoms with Crippen molar-refractivity contribution in [2.75, 3.05) is 0 Å². The smallest absolute Gasteiger partial charge is 0.0665 e. The molecule has 106 valence electrons. The fourth-order valence-corrected chi connectivity index (χ4v) is 4.81. The lowest BCUT2D eigenvalue weighted by Crippen LogP contribution is -2.45. The predicted octanol–water partition coefficient (Wildman–Crippen LogP) is 5.22. The van der Waals surface area contributed by atoms with Gasteiger partial charge in [0.1, 0.15) is 0 Å². The Labute approximate surface area is 123 Å². The molecule has 20 heavy (non-hydrogen) atoms. The zero-order valence-corrected chi connectivity index (χ0v) is 12.4. The van der Waals surface area contributed by atoms with Gasteiger partial charge >= 0.3 is 0 Å². The lowest BCUT2D eigenvalue weighted by molar-refractivity contribution is 0.111. The average molecular weight is 267 g/mol. The second-order valence-corrected chi connectivity index (χ2v) is 6.67. The second-order valence-electron chi connectivity index (χ2n) is 6.67. The molecule has 2 aliphatic carbocycles. The normalized spacial score (nSPS) is 31.6. The highest BCUT2D eigenvalue weighted by molar-refractivity contribution is 5.31. The minimum atomic E-state index is 0.148. The summed E-state index contributed by atoms with van der Waals surface area (Å²) in [6.45, 7) is 0. The zero-order chi connectivity index (χ0) is 13.8. The van der Waals surface area contributed by atoms with Crippen LogP contribution in [0.2, 0.25) is 0 Å². The number of rotatable bonds is 2. The molecule has 0 saturated heterocycles. The molecule has 1 nitrogen and oxygen atoms in total. The van der Waals surface area contributed by atoms with Gasteiger partial charge in [-0.2, -0.15) is 5.26 Å². The number of nitriles is 1. The van der Waals surface area contributed by atoms with Gasteiger partial charge in [-0.05, 0) is 37.2 Å². The highest BCUT2D eigenvalue weighted by atomic mass is 14.5. The van der Waals surface area contributed by atoms with Gasteiger partial charge < -0.3 is 0 Å². The Morgan fingerprint density at radius 3 is 2.30 bits per heavy atom. The molecule has 3 rings (SSSR count). The molecular formula is C19H25N. The molecule has 1 aromatic carbocycles. The van der Waals surface area contributed by atoms with Gasteiger partial charge in [-0.25, -0.2) is 0 Å². The van der Waals surface area contributed by atoms with Gasteiger partial charge in [-0.15, -0.1) is 0 Å². The monoisotopic (exact) mass is 267 g/mol. The molecular weight excluding hydrogens is 242 g/mol. The molecule has 1 aromatic rings. The Bertz CT molecular complexity index is 466. The van der Waals surface area contributed by atoms with Crippen LogP contribution < -0.4 is 0 Å². The summed E-state index contributed by atoms with van der Waals surface area (Å²) < 4.78 is 0. The SMILES string of the molecule is N#CC1CCCCC1(c1ccccc1)C1CCCCC1. The van der Waals surface area contributed by atoms with Crippen LogP contribution in [0.1, 0.15) is 63.4 Å². The summed E-state index contributed by atoms with van der Waals surface area (Å²) in [6, 6.07) is 13.7. The third-order valence-corrected chi connectivity index (χ3v) is 5.76. The topological polar surface area (TPSA) is 23.8 Å². The van der Waals surface area contributed by atoms with Crippen molar-refractivity contribution in [3.05, 3.63) is 35.9 Å². The minimum Gasteiger partial charge on any atom is -0.198 e. The molecule has 2 fully saturated rings. The van der Waals surface area contributed by atoms with Crippen LogP contribution in [0.5, 0.6) is 0 Å². The fraction of sp³-hybridized carbons (Fsp3) is 0.632. The van der Waals surface area contributed by atoms with E-state index in [2.05, 4.69) is 36.4 Å². The molecule has 0 amide bonds. The van der Waals surface area contributed by atoms with E-state index in [1.807, 2.05) is 0 Å². The average Bonchev–Trinajstić information content (AvgIpc) is 2.56. The van der Waals surface area contributed by atoms with E-state index in [0.29, 0.717) is 0 Å². The molecule has 1 heteroatoms. The summed E-state index contributed by atoms with van der Waals surface area (Å²) >= 11 is 0. The number of benzene rings is 1. The molecule has 2 saturated carbocycles. The molecule has 0 aliphatic heterocycles. The third kappa shape index (κ3) is 2.26. The predicted molar refractivity (Wildman–Crippen MR) is 82.3 cm³/mol. The van der Waals surface area contributed by atoms with E-state index in [9.17, 15) is 5.26 Å². The first-order valence-corrected chi connectivity index (χ1v) is 8.33. The number of hydrogen-bond donors (Lipinski definition) is 0. The maximum absolute atomic E-state index is 9.77. The van der Waals surface area contributed by atoms with Crippen molar-refractivity contribution in [3.63, 3.8) is 0 Å². The van der Waals surface area contributed by atoms with Crippen LogP contribution in [0, 0.1) is 23.2 Å². The molecule has 0 N–H and O–H groups in total. The summed E-state index contributed by atoms with van der Waals surface area (Å²) in [5.74, 6) is 0.949. The van der Waals surface area contributed by atoms with E-state index in [-0.39, 0.29) is 11.3 Å². The van der Waals surface area contributed by atoms with Crippen LogP contribution >= 0.6 is 0 Å². The van der Waals surface area contributed by atoms with Gasteiger partial charge in [-0.3, -0.25) is 0 Å². The summed E-state index contributed by atoms with van der Waals surface area (Å²) in [5.41, 5.74) is 1.59. The Morgan fingerprint density at radius 2 is 1.60 bits per heavy atom. The highest BCUT2D eigenvalue weighted by Gasteiger charge is 2.47. The van der Waals surface area contributed by atoms with E-state index in [1.165, 1.54) is 56.9 Å². The summed E-state index contributed by atoms with van der Waals surface area (Å²) in [5, 5.41) is 9.77. The molecule has 0 aromatic heterocycles. The maximum atomic E-state index is 9.77. The molecule has 0 spiro atoms. The van der Waals surface area contributed by atoms with Crippen molar-refractivity contribution >= 4 is 0 Å². The van der Waals surface area contributed by atoms with Crippen LogP contribution in [0.4, 0.5) is 0 Å². The van der Waals surface area contributed by atoms with Crippen LogP contribution in [-0.4, -0.2) is 0 Å². The highest BCUT2D eigenvalue weighted by Crippen LogP contribution is 2.52. The summed E-state index contributed by atoms with van der Waals surface area (Å²) in [4.78, 5) is 0. The standard InChI is InChI=1S/C19H25N/c20-15-18-13-7-8-14-19(18,16-9-3-1-4-10-16)17-11-5-2-6-12-17/h1,3-4,9-10,17-18H,2,5-8,11-14H2. The Hall–Kier alpha value is -1.29. The Balaban J connectivity index is 2.03. The van der Waals surface area contributed by atoms with Gasteiger partial charge in [0, 0.05) is 5.41 Å². The second kappa shape index (κ2) is 6.00. The summed E-state index contributed by atoms with van der Waals surface area (Å²) in [6.07, 6.45) is 11.6. The first-order chi connectivity index (χ1) is 9.88. The van der Waals surface area contributed by atoms with Gasteiger partial charge in [-0.1, -0.05) is 62.4 Å². The Morgan fingerprint density at radius 1 is 0.900 bits per heavy atom. The van der Waals surface area contributed by atoms with Crippen molar-refractivity contribution in [1.29, 1.82) is 5.26 Å². The Kier molecular flexibility index (Phi) is 4.10. The summed E-state index contributed by atoms with van der Waals surface area (Å²) in [7, 11) is 0. The van der Waals surface area contributed by atoms with Crippen LogP contribution in [0.3, 0.4) is 0 Å². The van der Waals surface area contributed by atoms with E-state index >= 15 is 0 Å². The number of nitrogens with zero attached hydrogens (tertiary/aromatic N) is 1. The van der Waals surface area contributed by atoms with Crippen molar-refractivity contribution in [2.24, 2.45) is 11.8 Å². The lowest BCUT2D eigenvalue weighted by Gasteiger charge is -2.49. The largest absolute Gasteiger partial charge is 0.198 e. The molecule has 0 bridgehead atoms. The van der Waals surface area contributed by atoms with Crippen LogP contribution in [-0.2, 0) is 5.41 Å². The van der Waals surface area contributed by atoms with Gasteiger partial charge in [0.05, 0.1) is 12.0 Å². The first-order valence-electron chi connectivity index (χ1n) is 8.33. The zero-order valence-electron chi connectivity index (χ0n) is 12.4. The third-order valence-electron chi connectivity index (χ3n) is 5.76. The van der Waals surface area contributed by atoms with Crippen molar-refractivity contribution < 1.29 is 0 Å². The van der Waals surface area contributed by atoms with Gasteiger partial charge in [0.15, 0.2) is 0 Å². The molecule has 2 atom stereocenters. The van der Waals surface area contributed by atoms with Crippen LogP contribution in [0.25, 0.3) is 0 Å². The van der Waals surface area contributed by atoms with Crippen molar-refractivity contribution in [3.8, 4) is 6.07 Å². The van der Waals surface area contributed by atoms with E-state index in [1.54, 1.807) is 0 Å². The first kappa shape index (κ1) is 13.7. The molecule has 2 unspecified atom stereocenters. The van der Waals surface area contributed by atoms with Crippen molar-refractivity contribution in [1.82, 2.24) is 0 Å².